The van der Waals surface area contributed by atoms with Crippen LogP contribution in [0.5, 0.6) is 0 Å². The lowest BCUT2D eigenvalue weighted by atomic mass is 10.1. The average Bonchev–Trinajstić information content (AvgIpc) is 2.42. The van der Waals surface area contributed by atoms with Crippen LogP contribution in [0.3, 0.4) is 0 Å². The van der Waals surface area contributed by atoms with Gasteiger partial charge >= 0.3 is 5.97 Å². The zero-order valence-corrected chi connectivity index (χ0v) is 13.4. The molecule has 0 saturated heterocycles. The zero-order valence-electron chi connectivity index (χ0n) is 12.6. The standard InChI is InChI=1S/C16H17ClN2O3/c1-16(2,3)19-14(20)9-22-15(21)11-8-13(17)18-12-7-5-4-6-10(11)12/h4-8H,9H2,1-3H3,(H,19,20). The number of nitrogens with zero attached hydrogens (tertiary/aromatic N) is 1. The first-order chi connectivity index (χ1) is 10.3. The molecule has 1 aromatic carbocycles. The molecule has 0 fully saturated rings. The lowest BCUT2D eigenvalue weighted by Crippen LogP contribution is -2.42. The summed E-state index contributed by atoms with van der Waals surface area (Å²) in [6.45, 7) is 5.21. The van der Waals surface area contributed by atoms with Gasteiger partial charge in [0.15, 0.2) is 6.61 Å². The van der Waals surface area contributed by atoms with Crippen LogP contribution in [0.15, 0.2) is 30.3 Å². The normalized spacial score (nSPS) is 11.3. The monoisotopic (exact) mass is 320 g/mol. The van der Waals surface area contributed by atoms with E-state index in [1.54, 1.807) is 24.3 Å². The van der Waals surface area contributed by atoms with Gasteiger partial charge in [0, 0.05) is 10.9 Å². The number of amides is 1. The number of fused-ring (bicyclic) bond motifs is 1. The van der Waals surface area contributed by atoms with Crippen molar-refractivity contribution in [2.45, 2.75) is 26.3 Å². The number of benzene rings is 1. The van der Waals surface area contributed by atoms with E-state index in [0.29, 0.717) is 16.5 Å². The summed E-state index contributed by atoms with van der Waals surface area (Å²) in [4.78, 5) is 28.0. The Morgan fingerprint density at radius 2 is 1.95 bits per heavy atom. The molecule has 0 saturated carbocycles. The van der Waals surface area contributed by atoms with Crippen LogP contribution in [0, 0.1) is 0 Å². The Bertz CT molecular complexity index is 723. The number of pyridine rings is 1. The fourth-order valence-corrected chi connectivity index (χ4v) is 2.18. The fourth-order valence-electron chi connectivity index (χ4n) is 1.98. The summed E-state index contributed by atoms with van der Waals surface area (Å²) in [6.07, 6.45) is 0. The van der Waals surface area contributed by atoms with E-state index in [9.17, 15) is 9.59 Å². The molecular weight excluding hydrogens is 304 g/mol. The molecule has 0 aliphatic carbocycles. The van der Waals surface area contributed by atoms with Crippen molar-refractivity contribution in [3.63, 3.8) is 0 Å². The van der Waals surface area contributed by atoms with Crippen molar-refractivity contribution < 1.29 is 14.3 Å². The third kappa shape index (κ3) is 4.18. The van der Waals surface area contributed by atoms with Gasteiger partial charge in [0.25, 0.3) is 5.91 Å². The Morgan fingerprint density at radius 3 is 2.64 bits per heavy atom. The first-order valence-corrected chi connectivity index (χ1v) is 7.17. The molecule has 116 valence electrons. The molecule has 22 heavy (non-hydrogen) atoms. The molecule has 0 spiro atoms. The molecule has 1 amide bonds. The highest BCUT2D eigenvalue weighted by Crippen LogP contribution is 2.21. The number of carbonyl (C=O) groups excluding carboxylic acids is 2. The van der Waals surface area contributed by atoms with Crippen LogP contribution in [-0.2, 0) is 9.53 Å². The first-order valence-electron chi connectivity index (χ1n) is 6.80. The third-order valence-electron chi connectivity index (χ3n) is 2.75. The molecule has 1 heterocycles. The van der Waals surface area contributed by atoms with Gasteiger partial charge in [0.2, 0.25) is 0 Å². The van der Waals surface area contributed by atoms with Crippen molar-refractivity contribution in [2.75, 3.05) is 6.61 Å². The second kappa shape index (κ2) is 6.32. The maximum atomic E-state index is 12.2. The number of aromatic nitrogens is 1. The van der Waals surface area contributed by atoms with Crippen molar-refractivity contribution >= 4 is 34.4 Å². The van der Waals surface area contributed by atoms with E-state index in [2.05, 4.69) is 10.3 Å². The van der Waals surface area contributed by atoms with Gasteiger partial charge in [-0.1, -0.05) is 29.8 Å². The van der Waals surface area contributed by atoms with Crippen molar-refractivity contribution in [3.05, 3.63) is 41.0 Å². The predicted molar refractivity (Wildman–Crippen MR) is 84.9 cm³/mol. The third-order valence-corrected chi connectivity index (χ3v) is 2.95. The second-order valence-electron chi connectivity index (χ2n) is 5.88. The zero-order chi connectivity index (χ0) is 16.3. The molecular formula is C16H17ClN2O3. The Balaban J connectivity index is 2.15. The summed E-state index contributed by atoms with van der Waals surface area (Å²) >= 11 is 5.92. The smallest absolute Gasteiger partial charge is 0.339 e. The number of carbonyl (C=O) groups is 2. The van der Waals surface area contributed by atoms with Crippen molar-refractivity contribution in [1.82, 2.24) is 10.3 Å². The van der Waals surface area contributed by atoms with Crippen molar-refractivity contribution in [3.8, 4) is 0 Å². The van der Waals surface area contributed by atoms with E-state index in [0.717, 1.165) is 0 Å². The molecule has 0 radical (unpaired) electrons. The SMILES string of the molecule is CC(C)(C)NC(=O)COC(=O)c1cc(Cl)nc2ccccc12. The molecule has 0 unspecified atom stereocenters. The van der Waals surface area contributed by atoms with E-state index in [4.69, 9.17) is 16.3 Å². The topological polar surface area (TPSA) is 68.3 Å². The second-order valence-corrected chi connectivity index (χ2v) is 6.27. The van der Waals surface area contributed by atoms with Gasteiger partial charge in [-0.05, 0) is 32.9 Å². The van der Waals surface area contributed by atoms with Gasteiger partial charge in [-0.15, -0.1) is 0 Å². The van der Waals surface area contributed by atoms with Crippen LogP contribution in [-0.4, -0.2) is 29.0 Å². The molecule has 5 nitrogen and oxygen atoms in total. The van der Waals surface area contributed by atoms with E-state index in [-0.39, 0.29) is 23.2 Å². The highest BCUT2D eigenvalue weighted by atomic mass is 35.5. The summed E-state index contributed by atoms with van der Waals surface area (Å²) in [6, 6.07) is 8.54. The van der Waals surface area contributed by atoms with Crippen LogP contribution in [0.1, 0.15) is 31.1 Å². The molecule has 0 atom stereocenters. The lowest BCUT2D eigenvalue weighted by molar-refractivity contribution is -0.125. The number of halogens is 1. The number of rotatable bonds is 3. The summed E-state index contributed by atoms with van der Waals surface area (Å²) < 4.78 is 5.06. The summed E-state index contributed by atoms with van der Waals surface area (Å²) in [5, 5.41) is 3.55. The number of nitrogens with one attached hydrogen (secondary N) is 1. The van der Waals surface area contributed by atoms with E-state index in [1.165, 1.54) is 6.07 Å². The summed E-state index contributed by atoms with van der Waals surface area (Å²) in [5.41, 5.74) is 0.510. The van der Waals surface area contributed by atoms with Gasteiger partial charge < -0.3 is 10.1 Å². The van der Waals surface area contributed by atoms with Crippen LogP contribution in [0.25, 0.3) is 10.9 Å². The Morgan fingerprint density at radius 1 is 1.27 bits per heavy atom. The molecule has 0 aliphatic rings. The Hall–Kier alpha value is -2.14. The number of ether oxygens (including phenoxy) is 1. The van der Waals surface area contributed by atoms with Crippen molar-refractivity contribution in [2.24, 2.45) is 0 Å². The van der Waals surface area contributed by atoms with Crippen LogP contribution < -0.4 is 5.32 Å². The van der Waals surface area contributed by atoms with E-state index >= 15 is 0 Å². The molecule has 6 heteroatoms. The minimum atomic E-state index is -0.607. The molecule has 0 bridgehead atoms. The number of hydrogen-bond donors (Lipinski definition) is 1. The Labute approximate surface area is 133 Å². The highest BCUT2D eigenvalue weighted by Gasteiger charge is 2.18. The van der Waals surface area contributed by atoms with Crippen LogP contribution in [0.2, 0.25) is 5.15 Å². The van der Waals surface area contributed by atoms with Gasteiger partial charge in [0.1, 0.15) is 5.15 Å². The van der Waals surface area contributed by atoms with Crippen LogP contribution in [0.4, 0.5) is 0 Å². The minimum absolute atomic E-state index is 0.199. The van der Waals surface area contributed by atoms with Gasteiger partial charge in [-0.3, -0.25) is 4.79 Å². The van der Waals surface area contributed by atoms with Gasteiger partial charge in [-0.25, -0.2) is 9.78 Å². The Kier molecular flexibility index (Phi) is 4.66. The molecule has 2 aromatic rings. The van der Waals surface area contributed by atoms with Gasteiger partial charge in [0.05, 0.1) is 11.1 Å². The molecule has 0 aliphatic heterocycles. The number of hydrogen-bond acceptors (Lipinski definition) is 4. The summed E-state index contributed by atoms with van der Waals surface area (Å²) in [7, 11) is 0. The van der Waals surface area contributed by atoms with Crippen molar-refractivity contribution in [1.29, 1.82) is 0 Å². The fraction of sp³-hybridized carbons (Fsp3) is 0.312. The molecule has 2 rings (SSSR count). The molecule has 1 N–H and O–H groups in total. The minimum Gasteiger partial charge on any atom is -0.452 e. The largest absolute Gasteiger partial charge is 0.452 e. The van der Waals surface area contributed by atoms with E-state index in [1.807, 2.05) is 20.8 Å². The average molecular weight is 321 g/mol. The number of para-hydroxylation sites is 1. The lowest BCUT2D eigenvalue weighted by Gasteiger charge is -2.20. The van der Waals surface area contributed by atoms with Gasteiger partial charge in [-0.2, -0.15) is 0 Å². The first kappa shape index (κ1) is 16.2. The number of esters is 1. The summed E-state index contributed by atoms with van der Waals surface area (Å²) in [5.74, 6) is -0.963. The van der Waals surface area contributed by atoms with Crippen LogP contribution >= 0.6 is 11.6 Å². The maximum Gasteiger partial charge on any atom is 0.339 e. The highest BCUT2D eigenvalue weighted by molar-refractivity contribution is 6.30. The van der Waals surface area contributed by atoms with E-state index < -0.39 is 5.97 Å². The maximum absolute atomic E-state index is 12.2. The quantitative estimate of drug-likeness (QED) is 0.697. The predicted octanol–water partition coefficient (Wildman–Crippen LogP) is 2.96. The molecule has 1 aromatic heterocycles.